The third kappa shape index (κ3) is 5.57. The summed E-state index contributed by atoms with van der Waals surface area (Å²) < 4.78 is 4.92. The molecule has 0 saturated carbocycles. The average molecular weight is 207 g/mol. The molecule has 1 aromatic heterocycles. The number of rotatable bonds is 2. The van der Waals surface area contributed by atoms with E-state index in [4.69, 9.17) is 14.9 Å². The van der Waals surface area contributed by atoms with Gasteiger partial charge in [0.15, 0.2) is 0 Å². The van der Waals surface area contributed by atoms with Gasteiger partial charge in [-0.25, -0.2) is 4.98 Å². The minimum Gasteiger partial charge on any atom is -0.857 e. The van der Waals surface area contributed by atoms with Crippen LogP contribution in [0.15, 0.2) is 12.1 Å². The van der Waals surface area contributed by atoms with Crippen LogP contribution >= 0.6 is 0 Å². The molecule has 5 heteroatoms. The van der Waals surface area contributed by atoms with E-state index >= 15 is 0 Å². The van der Waals surface area contributed by atoms with Gasteiger partial charge in [-0.1, -0.05) is 0 Å². The Balaban J connectivity index is 0. The van der Waals surface area contributed by atoms with Crippen molar-refractivity contribution in [1.82, 2.24) is 4.98 Å². The van der Waals surface area contributed by atoms with Crippen molar-refractivity contribution >= 4 is 0 Å². The summed E-state index contributed by atoms with van der Waals surface area (Å²) in [6.45, 7) is 1.89. The van der Waals surface area contributed by atoms with E-state index in [-0.39, 0.29) is 36.2 Å². The van der Waals surface area contributed by atoms with Crippen LogP contribution in [-0.4, -0.2) is 24.3 Å². The Morgan fingerprint density at radius 1 is 1.43 bits per heavy atom. The number of aliphatic hydroxyl groups excluding tert-OH is 1. The summed E-state index contributed by atoms with van der Waals surface area (Å²) in [6.07, 6.45) is 0. The zero-order valence-electron chi connectivity index (χ0n) is 9.07. The van der Waals surface area contributed by atoms with Crippen LogP contribution in [0, 0.1) is 6.92 Å². The zero-order chi connectivity index (χ0) is 10.3. The van der Waals surface area contributed by atoms with Crippen molar-refractivity contribution in [2.75, 3.05) is 14.2 Å². The molecule has 0 aliphatic heterocycles. The van der Waals surface area contributed by atoms with E-state index in [1.54, 1.807) is 13.2 Å². The van der Waals surface area contributed by atoms with Gasteiger partial charge in [-0.2, -0.15) is 7.11 Å². The van der Waals surface area contributed by atoms with E-state index in [2.05, 4.69) is 4.98 Å². The maximum Gasteiger partial charge on any atom is 1.00 e. The van der Waals surface area contributed by atoms with E-state index in [9.17, 15) is 0 Å². The van der Waals surface area contributed by atoms with Crippen LogP contribution in [0.5, 0.6) is 5.88 Å². The van der Waals surface area contributed by atoms with Gasteiger partial charge in [0.05, 0.1) is 13.7 Å². The first-order chi connectivity index (χ1) is 6.26. The van der Waals surface area contributed by atoms with E-state index in [0.29, 0.717) is 5.88 Å². The smallest absolute Gasteiger partial charge is 0.857 e. The molecule has 1 rings (SSSR count). The van der Waals surface area contributed by atoms with E-state index < -0.39 is 0 Å². The monoisotopic (exact) mass is 207 g/mol. The summed E-state index contributed by atoms with van der Waals surface area (Å²) in [6, 6.07) is 3.54. The number of ether oxygens (including phenoxy) is 1. The maximum absolute atomic E-state index is 8.80. The van der Waals surface area contributed by atoms with Crippen molar-refractivity contribution in [1.29, 1.82) is 0 Å². The molecule has 0 radical (unpaired) electrons. The number of pyridine rings is 1. The number of hydrogen-bond donors (Lipinski definition) is 1. The topological polar surface area (TPSA) is 65.4 Å². The first-order valence-electron chi connectivity index (χ1n) is 3.79. The van der Waals surface area contributed by atoms with Gasteiger partial charge >= 0.3 is 29.6 Å². The Labute approximate surface area is 106 Å². The van der Waals surface area contributed by atoms with Gasteiger partial charge in [0.25, 0.3) is 0 Å². The molecule has 0 aromatic carbocycles. The third-order valence-corrected chi connectivity index (χ3v) is 1.38. The summed E-state index contributed by atoms with van der Waals surface area (Å²) in [5.41, 5.74) is 1.68. The number of aliphatic hydroxyl groups is 1. The van der Waals surface area contributed by atoms with Crippen molar-refractivity contribution in [2.45, 2.75) is 13.5 Å². The number of methoxy groups -OCH3 is 1. The Bertz CT molecular complexity index is 234. The standard InChI is InChI=1S/C8H11NO2.CH3O.Na/c1-6-3-7(5-10)4-8(9-6)11-2;1-2;/h3-4,10H,5H2,1-2H3;1H3;/q;-1;+1. The minimum absolute atomic E-state index is 0. The van der Waals surface area contributed by atoms with Crippen molar-refractivity contribution in [3.63, 3.8) is 0 Å². The maximum atomic E-state index is 8.80. The summed E-state index contributed by atoms with van der Waals surface area (Å²) in [5, 5.41) is 17.0. The largest absolute Gasteiger partial charge is 1.00 e. The first kappa shape index (κ1) is 16.3. The molecule has 0 aliphatic rings. The zero-order valence-corrected chi connectivity index (χ0v) is 11.1. The van der Waals surface area contributed by atoms with Crippen molar-refractivity contribution in [3.8, 4) is 5.88 Å². The van der Waals surface area contributed by atoms with Crippen molar-refractivity contribution in [2.24, 2.45) is 0 Å². The number of aromatic nitrogens is 1. The predicted molar refractivity (Wildman–Crippen MR) is 47.4 cm³/mol. The molecule has 4 nitrogen and oxygen atoms in total. The van der Waals surface area contributed by atoms with E-state index in [1.807, 2.05) is 13.0 Å². The first-order valence-corrected chi connectivity index (χ1v) is 3.79. The third-order valence-electron chi connectivity index (χ3n) is 1.38. The Morgan fingerprint density at radius 3 is 2.43 bits per heavy atom. The van der Waals surface area contributed by atoms with Crippen LogP contribution in [0.4, 0.5) is 0 Å². The fourth-order valence-electron chi connectivity index (χ4n) is 0.903. The summed E-state index contributed by atoms with van der Waals surface area (Å²) in [7, 11) is 2.31. The quantitative estimate of drug-likeness (QED) is 0.521. The van der Waals surface area contributed by atoms with Gasteiger partial charge in [0.1, 0.15) is 0 Å². The van der Waals surface area contributed by atoms with E-state index in [1.165, 1.54) is 0 Å². The second-order valence-electron chi connectivity index (χ2n) is 2.32. The van der Waals surface area contributed by atoms with Gasteiger partial charge in [-0.15, -0.1) is 0 Å². The Morgan fingerprint density at radius 2 is 2.00 bits per heavy atom. The molecule has 0 unspecified atom stereocenters. The van der Waals surface area contributed by atoms with Crippen LogP contribution in [0.25, 0.3) is 0 Å². The summed E-state index contributed by atoms with van der Waals surface area (Å²) in [5.74, 6) is 0.550. The molecule has 1 N–H and O–H groups in total. The van der Waals surface area contributed by atoms with Gasteiger partial charge in [-0.3, -0.25) is 0 Å². The van der Waals surface area contributed by atoms with Crippen molar-refractivity contribution < 1.29 is 44.5 Å². The van der Waals surface area contributed by atoms with E-state index in [0.717, 1.165) is 18.4 Å². The van der Waals surface area contributed by atoms with Crippen LogP contribution in [-0.2, 0) is 6.61 Å². The molecule has 1 aromatic rings. The van der Waals surface area contributed by atoms with Crippen LogP contribution in [0.3, 0.4) is 0 Å². The Kier molecular flexibility index (Phi) is 11.0. The predicted octanol–water partition coefficient (Wildman–Crippen LogP) is -3.13. The molecule has 1 heterocycles. The molecular weight excluding hydrogens is 193 g/mol. The molecule has 14 heavy (non-hydrogen) atoms. The molecule has 0 spiro atoms. The number of nitrogens with zero attached hydrogens (tertiary/aromatic N) is 1. The normalized spacial score (nSPS) is 8.07. The van der Waals surface area contributed by atoms with Gasteiger partial charge in [-0.05, 0) is 18.6 Å². The average Bonchev–Trinajstić information content (AvgIpc) is 2.20. The van der Waals surface area contributed by atoms with Gasteiger partial charge in [0.2, 0.25) is 5.88 Å². The second kappa shape index (κ2) is 9.43. The molecule has 74 valence electrons. The van der Waals surface area contributed by atoms with Gasteiger partial charge < -0.3 is 14.9 Å². The molecular formula is C9H14NNaO3. The molecule has 0 saturated heterocycles. The van der Waals surface area contributed by atoms with Crippen LogP contribution < -0.4 is 39.4 Å². The molecule has 0 amide bonds. The summed E-state index contributed by atoms with van der Waals surface area (Å²) in [4.78, 5) is 4.07. The number of aryl methyl sites for hydroxylation is 1. The Hall–Kier alpha value is -0.130. The molecule has 0 bridgehead atoms. The molecule has 0 fully saturated rings. The fraction of sp³-hybridized carbons (Fsp3) is 0.444. The SMILES string of the molecule is COc1cc(CO)cc(C)n1.C[O-].[Na+]. The van der Waals surface area contributed by atoms with Crippen LogP contribution in [0.1, 0.15) is 11.3 Å². The van der Waals surface area contributed by atoms with Crippen molar-refractivity contribution in [3.05, 3.63) is 23.4 Å². The fourth-order valence-corrected chi connectivity index (χ4v) is 0.903. The second-order valence-corrected chi connectivity index (χ2v) is 2.32. The summed E-state index contributed by atoms with van der Waals surface area (Å²) >= 11 is 0. The van der Waals surface area contributed by atoms with Crippen LogP contribution in [0.2, 0.25) is 0 Å². The van der Waals surface area contributed by atoms with Gasteiger partial charge in [0, 0.05) is 11.8 Å². The molecule has 0 aliphatic carbocycles. The molecule has 0 atom stereocenters. The number of hydrogen-bond acceptors (Lipinski definition) is 4. The minimum atomic E-state index is 0.